The smallest absolute Gasteiger partial charge is 0.221 e. The summed E-state index contributed by atoms with van der Waals surface area (Å²) < 4.78 is 5.75. The minimum absolute atomic E-state index is 0.0496. The minimum atomic E-state index is -0.0496. The van der Waals surface area contributed by atoms with E-state index in [1.165, 1.54) is 6.92 Å². The minimum Gasteiger partial charge on any atom is -0.374 e. The molecule has 0 bridgehead atoms. The van der Waals surface area contributed by atoms with Crippen molar-refractivity contribution in [3.63, 3.8) is 0 Å². The summed E-state index contributed by atoms with van der Waals surface area (Å²) in [6.07, 6.45) is 0.240. The fourth-order valence-corrected chi connectivity index (χ4v) is 2.51. The zero-order chi connectivity index (χ0) is 15.2. The molecule has 0 aliphatic carbocycles. The van der Waals surface area contributed by atoms with Crippen molar-refractivity contribution in [3.05, 3.63) is 29.8 Å². The van der Waals surface area contributed by atoms with Gasteiger partial charge in [0.15, 0.2) is 0 Å². The Morgan fingerprint density at radius 2 is 2.33 bits per heavy atom. The lowest BCUT2D eigenvalue weighted by molar-refractivity contribution is -0.114. The van der Waals surface area contributed by atoms with Crippen LogP contribution in [-0.4, -0.2) is 50.2 Å². The van der Waals surface area contributed by atoms with Crippen LogP contribution >= 0.6 is 0 Å². The predicted octanol–water partition coefficient (Wildman–Crippen LogP) is 1.63. The van der Waals surface area contributed by atoms with Crippen LogP contribution in [0, 0.1) is 0 Å². The second kappa shape index (κ2) is 7.54. The van der Waals surface area contributed by atoms with E-state index in [0.717, 1.165) is 37.5 Å². The third-order valence-corrected chi connectivity index (χ3v) is 3.70. The normalized spacial score (nSPS) is 21.0. The molecule has 1 aromatic carbocycles. The SMILES string of the molecule is CC(=O)Nc1cccc(C(C)NCC2CN(C)CCO2)c1. The molecular formula is C16H25N3O2. The van der Waals surface area contributed by atoms with E-state index in [9.17, 15) is 4.79 Å². The Kier molecular flexibility index (Phi) is 5.73. The first-order chi connectivity index (χ1) is 10.0. The number of carbonyl (C=O) groups is 1. The number of nitrogens with zero attached hydrogens (tertiary/aromatic N) is 1. The van der Waals surface area contributed by atoms with Crippen LogP contribution in [0.5, 0.6) is 0 Å². The summed E-state index contributed by atoms with van der Waals surface area (Å²) in [6.45, 7) is 7.24. The number of hydrogen-bond acceptors (Lipinski definition) is 4. The van der Waals surface area contributed by atoms with E-state index in [1.807, 2.05) is 18.2 Å². The van der Waals surface area contributed by atoms with Gasteiger partial charge < -0.3 is 20.3 Å². The zero-order valence-corrected chi connectivity index (χ0v) is 13.1. The van der Waals surface area contributed by atoms with Gasteiger partial charge in [-0.25, -0.2) is 0 Å². The topological polar surface area (TPSA) is 53.6 Å². The molecule has 116 valence electrons. The number of anilines is 1. The summed E-state index contributed by atoms with van der Waals surface area (Å²) >= 11 is 0. The molecule has 0 spiro atoms. The van der Waals surface area contributed by atoms with E-state index in [-0.39, 0.29) is 18.1 Å². The van der Waals surface area contributed by atoms with Crippen molar-refractivity contribution in [2.45, 2.75) is 26.0 Å². The van der Waals surface area contributed by atoms with Crippen molar-refractivity contribution < 1.29 is 9.53 Å². The van der Waals surface area contributed by atoms with Gasteiger partial charge in [0.05, 0.1) is 12.7 Å². The Hall–Kier alpha value is -1.43. The van der Waals surface area contributed by atoms with Crippen LogP contribution in [0.1, 0.15) is 25.5 Å². The van der Waals surface area contributed by atoms with Gasteiger partial charge in [-0.3, -0.25) is 4.79 Å². The number of morpholine rings is 1. The van der Waals surface area contributed by atoms with E-state index < -0.39 is 0 Å². The van der Waals surface area contributed by atoms with E-state index >= 15 is 0 Å². The molecule has 5 nitrogen and oxygen atoms in total. The summed E-state index contributed by atoms with van der Waals surface area (Å²) in [4.78, 5) is 13.4. The van der Waals surface area contributed by atoms with Crippen LogP contribution in [0.15, 0.2) is 24.3 Å². The van der Waals surface area contributed by atoms with Gasteiger partial charge in [-0.2, -0.15) is 0 Å². The van der Waals surface area contributed by atoms with Gasteiger partial charge in [0.25, 0.3) is 0 Å². The van der Waals surface area contributed by atoms with E-state index in [2.05, 4.69) is 35.6 Å². The summed E-state index contributed by atoms with van der Waals surface area (Å²) in [7, 11) is 2.12. The number of rotatable bonds is 5. The first-order valence-electron chi connectivity index (χ1n) is 7.45. The summed E-state index contributed by atoms with van der Waals surface area (Å²) in [5, 5.41) is 6.32. The molecule has 2 atom stereocenters. The number of likely N-dealkylation sites (N-methyl/N-ethyl adjacent to an activating group) is 1. The van der Waals surface area contributed by atoms with E-state index in [4.69, 9.17) is 4.74 Å². The van der Waals surface area contributed by atoms with E-state index in [1.54, 1.807) is 0 Å². The van der Waals surface area contributed by atoms with Gasteiger partial charge >= 0.3 is 0 Å². The number of benzene rings is 1. The molecule has 1 saturated heterocycles. The van der Waals surface area contributed by atoms with Crippen LogP contribution in [0.2, 0.25) is 0 Å². The van der Waals surface area contributed by atoms with E-state index in [0.29, 0.717) is 0 Å². The third kappa shape index (κ3) is 5.12. The fraction of sp³-hybridized carbons (Fsp3) is 0.562. The van der Waals surface area contributed by atoms with Gasteiger partial charge in [-0.1, -0.05) is 12.1 Å². The summed E-state index contributed by atoms with van der Waals surface area (Å²) in [5.74, 6) is -0.0496. The summed E-state index contributed by atoms with van der Waals surface area (Å²) in [6, 6.07) is 8.15. The Labute approximate surface area is 126 Å². The quantitative estimate of drug-likeness (QED) is 0.866. The molecule has 1 amide bonds. The second-order valence-electron chi connectivity index (χ2n) is 5.69. The Morgan fingerprint density at radius 3 is 3.05 bits per heavy atom. The van der Waals surface area contributed by atoms with Crippen molar-refractivity contribution in [3.8, 4) is 0 Å². The summed E-state index contributed by atoms with van der Waals surface area (Å²) in [5.41, 5.74) is 1.99. The van der Waals surface area contributed by atoms with Crippen molar-refractivity contribution >= 4 is 11.6 Å². The van der Waals surface area contributed by atoms with Gasteiger partial charge in [-0.05, 0) is 31.7 Å². The lowest BCUT2D eigenvalue weighted by Crippen LogP contribution is -2.45. The fourth-order valence-electron chi connectivity index (χ4n) is 2.51. The molecule has 2 rings (SSSR count). The molecule has 1 fully saturated rings. The van der Waals surface area contributed by atoms with Gasteiger partial charge in [0, 0.05) is 38.3 Å². The highest BCUT2D eigenvalue weighted by atomic mass is 16.5. The van der Waals surface area contributed by atoms with Crippen LogP contribution < -0.4 is 10.6 Å². The molecule has 2 N–H and O–H groups in total. The number of carbonyl (C=O) groups excluding carboxylic acids is 1. The van der Waals surface area contributed by atoms with Crippen molar-refractivity contribution in [1.82, 2.24) is 10.2 Å². The zero-order valence-electron chi connectivity index (χ0n) is 13.1. The highest BCUT2D eigenvalue weighted by Crippen LogP contribution is 2.17. The standard InChI is InChI=1S/C16H25N3O2/c1-12(17-10-16-11-19(3)7-8-21-16)14-5-4-6-15(9-14)18-13(2)20/h4-6,9,12,16-17H,7-8,10-11H2,1-3H3,(H,18,20). The van der Waals surface area contributed by atoms with Crippen molar-refractivity contribution in [2.24, 2.45) is 0 Å². The van der Waals surface area contributed by atoms with Crippen molar-refractivity contribution in [2.75, 3.05) is 38.6 Å². The Bertz CT molecular complexity index is 478. The third-order valence-electron chi connectivity index (χ3n) is 3.70. The predicted molar refractivity (Wildman–Crippen MR) is 84.4 cm³/mol. The monoisotopic (exact) mass is 291 g/mol. The lowest BCUT2D eigenvalue weighted by Gasteiger charge is -2.31. The molecule has 1 heterocycles. The molecule has 0 saturated carbocycles. The average Bonchev–Trinajstić information content (AvgIpc) is 2.44. The molecule has 0 aromatic heterocycles. The number of nitrogens with one attached hydrogen (secondary N) is 2. The van der Waals surface area contributed by atoms with Gasteiger partial charge in [0.2, 0.25) is 5.91 Å². The highest BCUT2D eigenvalue weighted by Gasteiger charge is 2.18. The molecule has 1 aliphatic heterocycles. The maximum Gasteiger partial charge on any atom is 0.221 e. The molecular weight excluding hydrogens is 266 g/mol. The molecule has 1 aliphatic rings. The van der Waals surface area contributed by atoms with Crippen LogP contribution in [0.3, 0.4) is 0 Å². The maximum absolute atomic E-state index is 11.1. The highest BCUT2D eigenvalue weighted by molar-refractivity contribution is 5.88. The Morgan fingerprint density at radius 1 is 1.52 bits per heavy atom. The number of ether oxygens (including phenoxy) is 1. The number of amides is 1. The van der Waals surface area contributed by atoms with Crippen LogP contribution in [0.25, 0.3) is 0 Å². The molecule has 5 heteroatoms. The lowest BCUT2D eigenvalue weighted by atomic mass is 10.1. The Balaban J connectivity index is 1.87. The average molecular weight is 291 g/mol. The molecule has 2 unspecified atom stereocenters. The van der Waals surface area contributed by atoms with Crippen LogP contribution in [-0.2, 0) is 9.53 Å². The maximum atomic E-state index is 11.1. The first-order valence-corrected chi connectivity index (χ1v) is 7.45. The van der Waals surface area contributed by atoms with Crippen molar-refractivity contribution in [1.29, 1.82) is 0 Å². The second-order valence-corrected chi connectivity index (χ2v) is 5.69. The first kappa shape index (κ1) is 15.9. The van der Waals surface area contributed by atoms with Crippen LogP contribution in [0.4, 0.5) is 5.69 Å². The largest absolute Gasteiger partial charge is 0.374 e. The molecule has 1 aromatic rings. The number of hydrogen-bond donors (Lipinski definition) is 2. The van der Waals surface area contributed by atoms with Gasteiger partial charge in [-0.15, -0.1) is 0 Å². The van der Waals surface area contributed by atoms with Gasteiger partial charge in [0.1, 0.15) is 0 Å². The molecule has 21 heavy (non-hydrogen) atoms. The molecule has 0 radical (unpaired) electrons.